The van der Waals surface area contributed by atoms with Crippen LogP contribution in [0.2, 0.25) is 0 Å². The van der Waals surface area contributed by atoms with Gasteiger partial charge >= 0.3 is 0 Å². The van der Waals surface area contributed by atoms with Crippen LogP contribution in [0.4, 0.5) is 10.7 Å². The molecular formula is C19H20N4O4S. The second kappa shape index (κ2) is 8.63. The van der Waals surface area contributed by atoms with Crippen LogP contribution in [0.3, 0.4) is 0 Å². The van der Waals surface area contributed by atoms with Crippen LogP contribution >= 0.6 is 11.3 Å². The van der Waals surface area contributed by atoms with Gasteiger partial charge in [-0.05, 0) is 39.3 Å². The number of hydrogen-bond donors (Lipinski definition) is 1. The number of nitro groups is 1. The van der Waals surface area contributed by atoms with Crippen molar-refractivity contribution in [2.45, 2.75) is 27.7 Å². The zero-order valence-corrected chi connectivity index (χ0v) is 16.8. The van der Waals surface area contributed by atoms with Crippen molar-refractivity contribution in [2.24, 2.45) is 0 Å². The van der Waals surface area contributed by atoms with Crippen molar-refractivity contribution in [1.82, 2.24) is 4.90 Å². The number of rotatable bonds is 6. The van der Waals surface area contributed by atoms with Gasteiger partial charge < -0.3 is 10.2 Å². The van der Waals surface area contributed by atoms with Crippen LogP contribution in [-0.2, 0) is 0 Å². The molecule has 1 heterocycles. The summed E-state index contributed by atoms with van der Waals surface area (Å²) in [5.74, 6) is -0.767. The second-order valence-electron chi connectivity index (χ2n) is 6.01. The molecule has 1 aromatic heterocycles. The highest BCUT2D eigenvalue weighted by Gasteiger charge is 2.25. The Morgan fingerprint density at radius 1 is 1.25 bits per heavy atom. The summed E-state index contributed by atoms with van der Waals surface area (Å²) < 4.78 is 0. The Morgan fingerprint density at radius 2 is 1.89 bits per heavy atom. The molecule has 0 saturated heterocycles. The fourth-order valence-corrected chi connectivity index (χ4v) is 3.95. The molecular weight excluding hydrogens is 380 g/mol. The van der Waals surface area contributed by atoms with E-state index in [0.717, 1.165) is 11.3 Å². The largest absolute Gasteiger partial charge is 0.338 e. The lowest BCUT2D eigenvalue weighted by Gasteiger charge is -2.17. The molecule has 0 unspecified atom stereocenters. The fourth-order valence-electron chi connectivity index (χ4n) is 2.83. The molecule has 0 fully saturated rings. The molecule has 0 radical (unpaired) electrons. The van der Waals surface area contributed by atoms with E-state index in [9.17, 15) is 25.0 Å². The molecule has 8 nitrogen and oxygen atoms in total. The Hall–Kier alpha value is -3.25. The maximum Gasteiger partial charge on any atom is 0.273 e. The van der Waals surface area contributed by atoms with Crippen molar-refractivity contribution < 1.29 is 14.5 Å². The van der Waals surface area contributed by atoms with E-state index in [1.165, 1.54) is 25.1 Å². The second-order valence-corrected chi connectivity index (χ2v) is 7.03. The lowest BCUT2D eigenvalue weighted by molar-refractivity contribution is -0.385. The molecule has 146 valence electrons. The first-order valence-electron chi connectivity index (χ1n) is 8.64. The van der Waals surface area contributed by atoms with Crippen LogP contribution in [0.1, 0.15) is 50.6 Å². The first-order valence-corrected chi connectivity index (χ1v) is 9.46. The molecule has 2 aromatic rings. The summed E-state index contributed by atoms with van der Waals surface area (Å²) in [6.07, 6.45) is 0. The van der Waals surface area contributed by atoms with Crippen molar-refractivity contribution >= 4 is 33.8 Å². The van der Waals surface area contributed by atoms with E-state index in [1.54, 1.807) is 11.8 Å². The molecule has 1 N–H and O–H groups in total. The molecule has 0 spiro atoms. The van der Waals surface area contributed by atoms with Crippen LogP contribution in [0.25, 0.3) is 0 Å². The maximum atomic E-state index is 12.7. The zero-order chi connectivity index (χ0) is 21.0. The van der Waals surface area contributed by atoms with Crippen molar-refractivity contribution in [3.63, 3.8) is 0 Å². The van der Waals surface area contributed by atoms with Crippen LogP contribution in [0.15, 0.2) is 18.2 Å². The number of anilines is 1. The van der Waals surface area contributed by atoms with Crippen LogP contribution < -0.4 is 5.32 Å². The molecule has 0 aliphatic heterocycles. The normalized spacial score (nSPS) is 10.2. The molecule has 0 aliphatic rings. The van der Waals surface area contributed by atoms with Gasteiger partial charge in [0.15, 0.2) is 0 Å². The number of hydrogen-bond acceptors (Lipinski definition) is 6. The summed E-state index contributed by atoms with van der Waals surface area (Å²) >= 11 is 1.04. The Morgan fingerprint density at radius 3 is 2.43 bits per heavy atom. The highest BCUT2D eigenvalue weighted by Crippen LogP contribution is 2.34. The van der Waals surface area contributed by atoms with Gasteiger partial charge in [-0.3, -0.25) is 19.7 Å². The van der Waals surface area contributed by atoms with E-state index in [4.69, 9.17) is 0 Å². The Bertz CT molecular complexity index is 987. The van der Waals surface area contributed by atoms with Gasteiger partial charge in [0.05, 0.1) is 15.4 Å². The minimum atomic E-state index is -0.569. The van der Waals surface area contributed by atoms with Gasteiger partial charge in [0, 0.05) is 30.3 Å². The smallest absolute Gasteiger partial charge is 0.273 e. The number of amides is 2. The van der Waals surface area contributed by atoms with Crippen molar-refractivity contribution in [1.29, 1.82) is 5.26 Å². The van der Waals surface area contributed by atoms with Crippen LogP contribution in [0, 0.1) is 35.3 Å². The molecule has 2 amide bonds. The standard InChI is InChI=1S/C19H20N4O4S/c1-5-22(6-2)19(25)16-12(4)14(10-20)18(28-16)21-17(24)13-8-7-9-15(11(13)3)23(26)27/h7-9H,5-6H2,1-4H3,(H,21,24). The van der Waals surface area contributed by atoms with Gasteiger partial charge in [-0.1, -0.05) is 6.07 Å². The van der Waals surface area contributed by atoms with E-state index < -0.39 is 10.8 Å². The minimum Gasteiger partial charge on any atom is -0.338 e. The molecule has 0 saturated carbocycles. The van der Waals surface area contributed by atoms with Gasteiger partial charge in [0.2, 0.25) is 0 Å². The van der Waals surface area contributed by atoms with E-state index in [0.29, 0.717) is 23.5 Å². The van der Waals surface area contributed by atoms with Crippen LogP contribution in [0.5, 0.6) is 0 Å². The van der Waals surface area contributed by atoms with Crippen molar-refractivity contribution in [2.75, 3.05) is 18.4 Å². The number of nitro benzene ring substituents is 1. The average molecular weight is 400 g/mol. The maximum absolute atomic E-state index is 12.7. The third kappa shape index (κ3) is 3.87. The highest BCUT2D eigenvalue weighted by atomic mass is 32.1. The number of carbonyl (C=O) groups excluding carboxylic acids is 2. The van der Waals surface area contributed by atoms with E-state index >= 15 is 0 Å². The number of nitriles is 1. The summed E-state index contributed by atoms with van der Waals surface area (Å²) in [7, 11) is 0. The van der Waals surface area contributed by atoms with Crippen molar-refractivity contribution in [3.05, 3.63) is 55.4 Å². The zero-order valence-electron chi connectivity index (χ0n) is 16.0. The molecule has 0 atom stereocenters. The van der Waals surface area contributed by atoms with Gasteiger partial charge in [-0.15, -0.1) is 11.3 Å². The highest BCUT2D eigenvalue weighted by molar-refractivity contribution is 7.18. The quantitative estimate of drug-likeness (QED) is 0.583. The Labute approximate surface area is 166 Å². The number of nitrogens with zero attached hydrogens (tertiary/aromatic N) is 3. The molecule has 9 heteroatoms. The van der Waals surface area contributed by atoms with Gasteiger partial charge in [0.25, 0.3) is 17.5 Å². The molecule has 1 aromatic carbocycles. The predicted molar refractivity (Wildman–Crippen MR) is 107 cm³/mol. The first-order chi connectivity index (χ1) is 13.3. The first kappa shape index (κ1) is 21.1. The summed E-state index contributed by atoms with van der Waals surface area (Å²) in [4.78, 5) is 37.9. The monoisotopic (exact) mass is 400 g/mol. The lowest BCUT2D eigenvalue weighted by Crippen LogP contribution is -2.30. The molecule has 2 rings (SSSR count). The summed E-state index contributed by atoms with van der Waals surface area (Å²) in [5, 5.41) is 23.5. The topological polar surface area (TPSA) is 116 Å². The molecule has 28 heavy (non-hydrogen) atoms. The van der Waals surface area contributed by atoms with E-state index in [-0.39, 0.29) is 33.3 Å². The number of thiophene rings is 1. The van der Waals surface area contributed by atoms with Crippen molar-refractivity contribution in [3.8, 4) is 6.07 Å². The minimum absolute atomic E-state index is 0.140. The third-order valence-corrected chi connectivity index (χ3v) is 5.67. The number of benzene rings is 1. The lowest BCUT2D eigenvalue weighted by atomic mass is 10.1. The number of nitrogens with one attached hydrogen (secondary N) is 1. The SMILES string of the molecule is CCN(CC)C(=O)c1sc(NC(=O)c2cccc([N+](=O)[O-])c2C)c(C#N)c1C. The third-order valence-electron chi connectivity index (χ3n) is 4.48. The Balaban J connectivity index is 2.42. The summed E-state index contributed by atoms with van der Waals surface area (Å²) in [6.45, 7) is 7.95. The fraction of sp³-hybridized carbons (Fsp3) is 0.316. The Kier molecular flexibility index (Phi) is 6.49. The average Bonchev–Trinajstić information content (AvgIpc) is 2.97. The van der Waals surface area contributed by atoms with E-state index in [2.05, 4.69) is 5.32 Å². The van der Waals surface area contributed by atoms with Gasteiger partial charge in [-0.2, -0.15) is 5.26 Å². The van der Waals surface area contributed by atoms with Gasteiger partial charge in [0.1, 0.15) is 11.1 Å². The summed E-state index contributed by atoms with van der Waals surface area (Å²) in [5.41, 5.74) is 0.942. The molecule has 0 bridgehead atoms. The number of carbonyl (C=O) groups is 2. The predicted octanol–water partition coefficient (Wildman–Crippen LogP) is 3.88. The van der Waals surface area contributed by atoms with Gasteiger partial charge in [-0.25, -0.2) is 0 Å². The van der Waals surface area contributed by atoms with Crippen LogP contribution in [-0.4, -0.2) is 34.7 Å². The molecule has 0 aliphatic carbocycles. The van der Waals surface area contributed by atoms with E-state index in [1.807, 2.05) is 19.9 Å². The summed E-state index contributed by atoms with van der Waals surface area (Å²) in [6, 6.07) is 6.26.